The SMILES string of the molecule is Nc1cnc2nc(-c3ccc(-c4ccc(C5CCC(CC(=O)O)CC5)cc4)cc3F)[nH]c2c1. The van der Waals surface area contributed by atoms with Crippen LogP contribution >= 0.6 is 0 Å². The van der Waals surface area contributed by atoms with Crippen LogP contribution in [-0.2, 0) is 4.79 Å². The Hall–Kier alpha value is -3.74. The number of benzene rings is 2. The largest absolute Gasteiger partial charge is 0.481 e. The smallest absolute Gasteiger partial charge is 0.303 e. The zero-order valence-corrected chi connectivity index (χ0v) is 18.1. The van der Waals surface area contributed by atoms with Gasteiger partial charge in [-0.15, -0.1) is 0 Å². The molecule has 2 aromatic carbocycles. The number of pyridine rings is 1. The fraction of sp³-hybridized carbons (Fsp3) is 0.269. The number of aromatic nitrogens is 3. The maximum absolute atomic E-state index is 15.0. The fourth-order valence-electron chi connectivity index (χ4n) is 4.83. The molecule has 0 aliphatic heterocycles. The van der Waals surface area contributed by atoms with E-state index in [1.54, 1.807) is 12.1 Å². The summed E-state index contributed by atoms with van der Waals surface area (Å²) in [4.78, 5) is 22.6. The normalized spacial score (nSPS) is 18.5. The highest BCUT2D eigenvalue weighted by Gasteiger charge is 2.24. The van der Waals surface area contributed by atoms with Crippen molar-refractivity contribution in [3.63, 3.8) is 0 Å². The predicted octanol–water partition coefficient (Wildman–Crippen LogP) is 5.76. The van der Waals surface area contributed by atoms with Gasteiger partial charge in [0, 0.05) is 6.42 Å². The van der Waals surface area contributed by atoms with Crippen LogP contribution in [-0.4, -0.2) is 26.0 Å². The molecule has 6 nitrogen and oxygen atoms in total. The van der Waals surface area contributed by atoms with Crippen molar-refractivity contribution in [2.45, 2.75) is 38.0 Å². The lowest BCUT2D eigenvalue weighted by Crippen LogP contribution is -2.16. The number of anilines is 1. The number of carboxylic acid groups (broad SMARTS) is 1. The van der Waals surface area contributed by atoms with Gasteiger partial charge < -0.3 is 15.8 Å². The van der Waals surface area contributed by atoms with Crippen LogP contribution < -0.4 is 5.73 Å². The Bertz CT molecular complexity index is 1310. The van der Waals surface area contributed by atoms with Gasteiger partial charge in [0.1, 0.15) is 11.6 Å². The minimum atomic E-state index is -0.706. The van der Waals surface area contributed by atoms with E-state index in [4.69, 9.17) is 10.8 Å². The van der Waals surface area contributed by atoms with E-state index >= 15 is 0 Å². The average Bonchev–Trinajstić information content (AvgIpc) is 3.22. The molecule has 1 aliphatic carbocycles. The molecule has 1 aliphatic rings. The minimum absolute atomic E-state index is 0.270. The van der Waals surface area contributed by atoms with Gasteiger partial charge in [-0.05, 0) is 72.4 Å². The van der Waals surface area contributed by atoms with Crippen molar-refractivity contribution in [1.29, 1.82) is 0 Å². The lowest BCUT2D eigenvalue weighted by molar-refractivity contribution is -0.138. The number of hydrogen-bond donors (Lipinski definition) is 3. The number of carbonyl (C=O) groups is 1. The van der Waals surface area contributed by atoms with E-state index in [0.717, 1.165) is 36.8 Å². The molecule has 0 radical (unpaired) electrons. The van der Waals surface area contributed by atoms with Crippen molar-refractivity contribution in [3.05, 3.63) is 66.1 Å². The van der Waals surface area contributed by atoms with Crippen LogP contribution in [0.3, 0.4) is 0 Å². The molecule has 0 unspecified atom stereocenters. The van der Waals surface area contributed by atoms with E-state index in [-0.39, 0.29) is 12.2 Å². The molecule has 168 valence electrons. The zero-order valence-electron chi connectivity index (χ0n) is 18.1. The number of halogens is 1. The minimum Gasteiger partial charge on any atom is -0.481 e. The van der Waals surface area contributed by atoms with Crippen molar-refractivity contribution >= 4 is 22.8 Å². The first kappa shape index (κ1) is 21.1. The first-order valence-corrected chi connectivity index (χ1v) is 11.2. The number of nitrogens with one attached hydrogen (secondary N) is 1. The summed E-state index contributed by atoms with van der Waals surface area (Å²) in [6.07, 6.45) is 5.73. The van der Waals surface area contributed by atoms with Crippen molar-refractivity contribution in [2.24, 2.45) is 5.92 Å². The molecule has 0 bridgehead atoms. The van der Waals surface area contributed by atoms with E-state index in [0.29, 0.717) is 40.1 Å². The first-order valence-electron chi connectivity index (χ1n) is 11.2. The Labute approximate surface area is 190 Å². The van der Waals surface area contributed by atoms with E-state index in [1.807, 2.05) is 18.2 Å². The van der Waals surface area contributed by atoms with Crippen molar-refractivity contribution < 1.29 is 14.3 Å². The number of fused-ring (bicyclic) bond motifs is 1. The number of rotatable bonds is 5. The van der Waals surface area contributed by atoms with E-state index in [1.165, 1.54) is 17.8 Å². The average molecular weight is 445 g/mol. The van der Waals surface area contributed by atoms with Gasteiger partial charge in [0.25, 0.3) is 0 Å². The molecular formula is C26H25FN4O2. The number of nitrogens with two attached hydrogens (primary N) is 1. The molecule has 2 heterocycles. The Morgan fingerprint density at radius 1 is 1.06 bits per heavy atom. The lowest BCUT2D eigenvalue weighted by atomic mass is 9.77. The molecule has 1 saturated carbocycles. The summed E-state index contributed by atoms with van der Waals surface area (Å²) in [5.74, 6) is 0.0995. The molecule has 5 rings (SSSR count). The summed E-state index contributed by atoms with van der Waals surface area (Å²) in [6, 6.07) is 15.1. The van der Waals surface area contributed by atoms with Crippen LogP contribution in [0.25, 0.3) is 33.7 Å². The van der Waals surface area contributed by atoms with Gasteiger partial charge in [0.2, 0.25) is 0 Å². The van der Waals surface area contributed by atoms with Crippen molar-refractivity contribution in [2.75, 3.05) is 5.73 Å². The fourth-order valence-corrected chi connectivity index (χ4v) is 4.83. The molecule has 4 aromatic rings. The van der Waals surface area contributed by atoms with Gasteiger partial charge in [-0.25, -0.2) is 14.4 Å². The topological polar surface area (TPSA) is 105 Å². The summed E-state index contributed by atoms with van der Waals surface area (Å²) in [6.45, 7) is 0. The monoisotopic (exact) mass is 444 g/mol. The summed E-state index contributed by atoms with van der Waals surface area (Å²) in [5, 5.41) is 8.99. The quantitative estimate of drug-likeness (QED) is 0.363. The highest BCUT2D eigenvalue weighted by Crippen LogP contribution is 2.38. The summed E-state index contributed by atoms with van der Waals surface area (Å²) < 4.78 is 15.0. The predicted molar refractivity (Wildman–Crippen MR) is 126 cm³/mol. The van der Waals surface area contributed by atoms with Gasteiger partial charge in [-0.2, -0.15) is 0 Å². The van der Waals surface area contributed by atoms with Crippen LogP contribution in [0.1, 0.15) is 43.6 Å². The molecule has 1 fully saturated rings. The summed E-state index contributed by atoms with van der Waals surface area (Å²) >= 11 is 0. The molecule has 0 saturated heterocycles. The molecule has 7 heteroatoms. The van der Waals surface area contributed by atoms with Crippen molar-refractivity contribution in [3.8, 4) is 22.5 Å². The van der Waals surface area contributed by atoms with Crippen LogP contribution in [0.2, 0.25) is 0 Å². The molecule has 0 amide bonds. The lowest BCUT2D eigenvalue weighted by Gasteiger charge is -2.28. The Morgan fingerprint density at radius 2 is 1.79 bits per heavy atom. The highest BCUT2D eigenvalue weighted by molar-refractivity contribution is 5.79. The molecule has 4 N–H and O–H groups in total. The van der Waals surface area contributed by atoms with Gasteiger partial charge in [-0.3, -0.25) is 4.79 Å². The van der Waals surface area contributed by atoms with Gasteiger partial charge in [0.15, 0.2) is 5.65 Å². The Morgan fingerprint density at radius 3 is 2.48 bits per heavy atom. The number of imidazole rings is 1. The standard InChI is InChI=1S/C26H25FN4O2/c27-22-12-19(9-10-21(22)25-30-23-13-20(28)14-29-26(23)31-25)18-7-5-17(6-8-18)16-3-1-15(2-4-16)11-24(32)33/h5-10,12-16H,1-4,11,28H2,(H,32,33)(H,29,30,31). The second-order valence-electron chi connectivity index (χ2n) is 8.86. The van der Waals surface area contributed by atoms with E-state index in [2.05, 4.69) is 27.1 Å². The number of carboxylic acids is 1. The summed E-state index contributed by atoms with van der Waals surface area (Å²) in [7, 11) is 0. The van der Waals surface area contributed by atoms with Crippen LogP contribution in [0, 0.1) is 11.7 Å². The molecule has 0 atom stereocenters. The number of nitrogen functional groups attached to an aromatic ring is 1. The Balaban J connectivity index is 1.31. The van der Waals surface area contributed by atoms with Crippen LogP contribution in [0.5, 0.6) is 0 Å². The second kappa shape index (κ2) is 8.65. The van der Waals surface area contributed by atoms with E-state index in [9.17, 15) is 9.18 Å². The van der Waals surface area contributed by atoms with E-state index < -0.39 is 5.97 Å². The third-order valence-electron chi connectivity index (χ3n) is 6.61. The van der Waals surface area contributed by atoms with Crippen LogP contribution in [0.15, 0.2) is 54.7 Å². The van der Waals surface area contributed by atoms with Gasteiger partial charge >= 0.3 is 5.97 Å². The Kier molecular flexibility index (Phi) is 5.54. The van der Waals surface area contributed by atoms with Gasteiger partial charge in [-0.1, -0.05) is 30.3 Å². The molecular weight excluding hydrogens is 419 g/mol. The number of aliphatic carboxylic acids is 1. The number of H-pyrrole nitrogens is 1. The highest BCUT2D eigenvalue weighted by atomic mass is 19.1. The third-order valence-corrected chi connectivity index (χ3v) is 6.61. The van der Waals surface area contributed by atoms with Crippen molar-refractivity contribution in [1.82, 2.24) is 15.0 Å². The number of hydrogen-bond acceptors (Lipinski definition) is 4. The maximum Gasteiger partial charge on any atom is 0.303 e. The first-order chi connectivity index (χ1) is 16.0. The molecule has 0 spiro atoms. The second-order valence-corrected chi connectivity index (χ2v) is 8.86. The zero-order chi connectivity index (χ0) is 22.9. The van der Waals surface area contributed by atoms with Crippen LogP contribution in [0.4, 0.5) is 10.1 Å². The molecule has 2 aromatic heterocycles. The number of aromatic amines is 1. The summed E-state index contributed by atoms with van der Waals surface area (Å²) in [5.41, 5.74) is 10.8. The number of nitrogens with zero attached hydrogens (tertiary/aromatic N) is 2. The molecule has 33 heavy (non-hydrogen) atoms. The van der Waals surface area contributed by atoms with Gasteiger partial charge in [0.05, 0.1) is 23.0 Å². The maximum atomic E-state index is 15.0. The third kappa shape index (κ3) is 4.44.